The van der Waals surface area contributed by atoms with Gasteiger partial charge < -0.3 is 0 Å². The molecule has 1 N–H and O–H groups in total. The smallest absolute Gasteiger partial charge is 0.272 e. The number of anilines is 1. The van der Waals surface area contributed by atoms with Gasteiger partial charge in [0.1, 0.15) is 5.69 Å². The molecule has 0 heterocycles. The van der Waals surface area contributed by atoms with Gasteiger partial charge >= 0.3 is 0 Å². The number of rotatable bonds is 3. The van der Waals surface area contributed by atoms with Crippen LogP contribution in [0.25, 0.3) is 0 Å². The Balaban J connectivity index is 2.14. The van der Waals surface area contributed by atoms with Crippen molar-refractivity contribution in [2.75, 3.05) is 5.43 Å². The van der Waals surface area contributed by atoms with Gasteiger partial charge in [0.15, 0.2) is 0 Å². The van der Waals surface area contributed by atoms with Crippen LogP contribution in [0.1, 0.15) is 32.6 Å². The Kier molecular flexibility index (Phi) is 3.92. The molecule has 0 saturated heterocycles. The molecular formula is C13H17N3O2. The highest BCUT2D eigenvalue weighted by Crippen LogP contribution is 2.25. The minimum absolute atomic E-state index is 0.0605. The largest absolute Gasteiger partial charge is 0.294 e. The van der Waals surface area contributed by atoms with Crippen LogP contribution < -0.4 is 5.43 Å². The minimum atomic E-state index is -0.396. The summed E-state index contributed by atoms with van der Waals surface area (Å²) in [4.78, 5) is 10.5. The van der Waals surface area contributed by atoms with Crippen LogP contribution in [0, 0.1) is 16.0 Å². The fourth-order valence-electron chi connectivity index (χ4n) is 2.20. The summed E-state index contributed by atoms with van der Waals surface area (Å²) in [7, 11) is 0. The SMILES string of the molecule is CC1CCCC/C1=N/Nc1ccccc1[N+](=O)[O-]. The third-order valence-corrected chi connectivity index (χ3v) is 3.31. The summed E-state index contributed by atoms with van der Waals surface area (Å²) >= 11 is 0. The van der Waals surface area contributed by atoms with Crippen molar-refractivity contribution in [2.24, 2.45) is 11.0 Å². The lowest BCUT2D eigenvalue weighted by Gasteiger charge is -2.19. The molecule has 0 aliphatic heterocycles. The molecule has 1 saturated carbocycles. The number of nitrogens with one attached hydrogen (secondary N) is 1. The van der Waals surface area contributed by atoms with Gasteiger partial charge in [-0.1, -0.05) is 25.5 Å². The van der Waals surface area contributed by atoms with Crippen molar-refractivity contribution in [2.45, 2.75) is 32.6 Å². The first-order chi connectivity index (χ1) is 8.68. The molecule has 0 radical (unpaired) electrons. The zero-order valence-corrected chi connectivity index (χ0v) is 10.4. The van der Waals surface area contributed by atoms with Gasteiger partial charge in [-0.3, -0.25) is 15.5 Å². The van der Waals surface area contributed by atoms with E-state index >= 15 is 0 Å². The highest BCUT2D eigenvalue weighted by molar-refractivity contribution is 5.87. The van der Waals surface area contributed by atoms with E-state index in [1.165, 1.54) is 12.5 Å². The molecule has 0 aromatic heterocycles. The van der Waals surface area contributed by atoms with Crippen LogP contribution in [0.15, 0.2) is 29.4 Å². The molecule has 0 bridgehead atoms. The van der Waals surface area contributed by atoms with Crippen LogP contribution >= 0.6 is 0 Å². The second-order valence-electron chi connectivity index (χ2n) is 4.64. The number of hydrazone groups is 1. The van der Waals surface area contributed by atoms with Crippen molar-refractivity contribution in [3.05, 3.63) is 34.4 Å². The third-order valence-electron chi connectivity index (χ3n) is 3.31. The predicted octanol–water partition coefficient (Wildman–Crippen LogP) is 3.57. The maximum atomic E-state index is 10.9. The van der Waals surface area contributed by atoms with E-state index < -0.39 is 4.92 Å². The topological polar surface area (TPSA) is 67.5 Å². The summed E-state index contributed by atoms with van der Waals surface area (Å²) in [5.74, 6) is 0.467. The number of hydrogen-bond acceptors (Lipinski definition) is 4. The van der Waals surface area contributed by atoms with Gasteiger partial charge in [-0.25, -0.2) is 0 Å². The standard InChI is InChI=1S/C13H17N3O2/c1-10-6-2-3-7-11(10)14-15-12-8-4-5-9-13(12)16(17)18/h4-5,8-10,15H,2-3,6-7H2,1H3/b14-11-. The average molecular weight is 247 g/mol. The highest BCUT2D eigenvalue weighted by Gasteiger charge is 2.17. The van der Waals surface area contributed by atoms with E-state index in [0.717, 1.165) is 25.0 Å². The summed E-state index contributed by atoms with van der Waals surface area (Å²) in [6.45, 7) is 2.15. The number of nitro benzene ring substituents is 1. The predicted molar refractivity (Wildman–Crippen MR) is 71.8 cm³/mol. The number of nitrogens with zero attached hydrogens (tertiary/aromatic N) is 2. The molecule has 1 aromatic rings. The van der Waals surface area contributed by atoms with E-state index in [0.29, 0.717) is 11.6 Å². The second-order valence-corrected chi connectivity index (χ2v) is 4.64. The molecular weight excluding hydrogens is 230 g/mol. The molecule has 96 valence electrons. The lowest BCUT2D eigenvalue weighted by Crippen LogP contribution is -2.17. The van der Waals surface area contributed by atoms with Crippen molar-refractivity contribution in [3.8, 4) is 0 Å². The lowest BCUT2D eigenvalue weighted by atomic mass is 9.89. The van der Waals surface area contributed by atoms with Gasteiger partial charge in [-0.15, -0.1) is 0 Å². The molecule has 0 spiro atoms. The monoisotopic (exact) mass is 247 g/mol. The zero-order valence-electron chi connectivity index (χ0n) is 10.4. The van der Waals surface area contributed by atoms with Crippen LogP contribution in [0.4, 0.5) is 11.4 Å². The Labute approximate surface area is 106 Å². The van der Waals surface area contributed by atoms with Crippen LogP contribution in [0.5, 0.6) is 0 Å². The van der Waals surface area contributed by atoms with Crippen molar-refractivity contribution < 1.29 is 4.92 Å². The van der Waals surface area contributed by atoms with Crippen molar-refractivity contribution in [1.82, 2.24) is 0 Å². The van der Waals surface area contributed by atoms with Gasteiger partial charge in [0.2, 0.25) is 0 Å². The summed E-state index contributed by atoms with van der Waals surface area (Å²) in [5, 5.41) is 15.2. The molecule has 1 aliphatic rings. The molecule has 18 heavy (non-hydrogen) atoms. The lowest BCUT2D eigenvalue weighted by molar-refractivity contribution is -0.384. The van der Waals surface area contributed by atoms with Crippen LogP contribution in [0.2, 0.25) is 0 Å². The highest BCUT2D eigenvalue weighted by atomic mass is 16.6. The van der Waals surface area contributed by atoms with Crippen LogP contribution in [-0.2, 0) is 0 Å². The summed E-state index contributed by atoms with van der Waals surface area (Å²) in [6, 6.07) is 6.57. The Hall–Kier alpha value is -1.91. The zero-order chi connectivity index (χ0) is 13.0. The molecule has 5 nitrogen and oxygen atoms in total. The Morgan fingerprint density at radius 3 is 2.89 bits per heavy atom. The molecule has 1 aliphatic carbocycles. The second kappa shape index (κ2) is 5.62. The molecule has 1 unspecified atom stereocenters. The molecule has 1 aromatic carbocycles. The van der Waals surface area contributed by atoms with Gasteiger partial charge in [-0.2, -0.15) is 5.10 Å². The first-order valence-electron chi connectivity index (χ1n) is 6.24. The summed E-state index contributed by atoms with van der Waals surface area (Å²) < 4.78 is 0. The first-order valence-corrected chi connectivity index (χ1v) is 6.24. The quantitative estimate of drug-likeness (QED) is 0.655. The number of nitro groups is 1. The Morgan fingerprint density at radius 1 is 1.39 bits per heavy atom. The van der Waals surface area contributed by atoms with E-state index in [1.54, 1.807) is 18.2 Å². The fourth-order valence-corrected chi connectivity index (χ4v) is 2.20. The van der Waals surface area contributed by atoms with Crippen molar-refractivity contribution >= 4 is 17.1 Å². The van der Waals surface area contributed by atoms with E-state index in [1.807, 2.05) is 0 Å². The van der Waals surface area contributed by atoms with Gasteiger partial charge in [0, 0.05) is 11.8 Å². The third kappa shape index (κ3) is 2.85. The molecule has 1 fully saturated rings. The van der Waals surface area contributed by atoms with E-state index in [9.17, 15) is 10.1 Å². The first kappa shape index (κ1) is 12.5. The number of benzene rings is 1. The van der Waals surface area contributed by atoms with E-state index in [-0.39, 0.29) is 5.69 Å². The number of hydrogen-bond donors (Lipinski definition) is 1. The maximum absolute atomic E-state index is 10.9. The average Bonchev–Trinajstić information content (AvgIpc) is 2.38. The fraction of sp³-hybridized carbons (Fsp3) is 0.462. The van der Waals surface area contributed by atoms with Gasteiger partial charge in [0.25, 0.3) is 5.69 Å². The normalized spacial score (nSPS) is 21.8. The maximum Gasteiger partial charge on any atom is 0.294 e. The van der Waals surface area contributed by atoms with Crippen molar-refractivity contribution in [1.29, 1.82) is 0 Å². The molecule has 0 amide bonds. The molecule has 5 heteroatoms. The molecule has 2 rings (SSSR count). The molecule has 1 atom stereocenters. The number of para-hydroxylation sites is 2. The van der Waals surface area contributed by atoms with E-state index in [4.69, 9.17) is 0 Å². The Morgan fingerprint density at radius 2 is 2.17 bits per heavy atom. The van der Waals surface area contributed by atoms with E-state index in [2.05, 4.69) is 17.5 Å². The van der Waals surface area contributed by atoms with Crippen LogP contribution in [-0.4, -0.2) is 10.6 Å². The summed E-state index contributed by atoms with van der Waals surface area (Å²) in [5.41, 5.74) is 4.46. The summed E-state index contributed by atoms with van der Waals surface area (Å²) in [6.07, 6.45) is 4.53. The Bertz CT molecular complexity index is 471. The van der Waals surface area contributed by atoms with Crippen LogP contribution in [0.3, 0.4) is 0 Å². The minimum Gasteiger partial charge on any atom is -0.272 e. The van der Waals surface area contributed by atoms with Gasteiger partial charge in [-0.05, 0) is 31.2 Å². The van der Waals surface area contributed by atoms with Crippen molar-refractivity contribution in [3.63, 3.8) is 0 Å². The van der Waals surface area contributed by atoms with Gasteiger partial charge in [0.05, 0.1) is 4.92 Å².